The summed E-state index contributed by atoms with van der Waals surface area (Å²) in [4.78, 5) is 29.4. The zero-order chi connectivity index (χ0) is 30.3. The summed E-state index contributed by atoms with van der Waals surface area (Å²) in [6.07, 6.45) is 4.76. The summed E-state index contributed by atoms with van der Waals surface area (Å²) in [5, 5.41) is 3.82. The Morgan fingerprint density at radius 3 is 2.14 bits per heavy atom. The van der Waals surface area contributed by atoms with E-state index in [1.165, 1.54) is 17.0 Å². The van der Waals surface area contributed by atoms with Crippen LogP contribution in [0.4, 0.5) is 5.69 Å². The number of halogens is 2. The van der Waals surface area contributed by atoms with Crippen LogP contribution in [-0.2, 0) is 32.6 Å². The molecule has 0 spiro atoms. The van der Waals surface area contributed by atoms with Gasteiger partial charge in [-0.1, -0.05) is 92.4 Å². The molecule has 0 unspecified atom stereocenters. The first-order valence-corrected chi connectivity index (χ1v) is 16.5. The summed E-state index contributed by atoms with van der Waals surface area (Å²) in [6, 6.07) is 19.4. The molecule has 1 atom stereocenters. The second-order valence-electron chi connectivity index (χ2n) is 10.4. The summed E-state index contributed by atoms with van der Waals surface area (Å²) in [7, 11) is -4.14. The Morgan fingerprint density at radius 2 is 1.52 bits per heavy atom. The van der Waals surface area contributed by atoms with Crippen LogP contribution in [0.15, 0.2) is 77.7 Å². The normalized spacial score (nSPS) is 14.4. The molecule has 4 rings (SSSR count). The monoisotopic (exact) mass is 629 g/mol. The number of rotatable bonds is 12. The molecule has 2 amide bonds. The number of carbonyl (C=O) groups is 2. The van der Waals surface area contributed by atoms with Crippen LogP contribution in [0.2, 0.25) is 10.0 Å². The van der Waals surface area contributed by atoms with E-state index in [2.05, 4.69) is 5.32 Å². The topological polar surface area (TPSA) is 86.8 Å². The van der Waals surface area contributed by atoms with Crippen LogP contribution in [-0.4, -0.2) is 43.8 Å². The maximum absolute atomic E-state index is 14.3. The summed E-state index contributed by atoms with van der Waals surface area (Å²) in [5.74, 6) is -0.808. The molecule has 1 fully saturated rings. The Balaban J connectivity index is 1.77. The number of hydrogen-bond acceptors (Lipinski definition) is 4. The molecule has 3 aromatic rings. The Bertz CT molecular complexity index is 1470. The van der Waals surface area contributed by atoms with Crippen molar-refractivity contribution in [1.29, 1.82) is 0 Å². The van der Waals surface area contributed by atoms with Crippen molar-refractivity contribution < 1.29 is 18.0 Å². The molecule has 0 radical (unpaired) electrons. The van der Waals surface area contributed by atoms with Gasteiger partial charge in [-0.15, -0.1) is 0 Å². The van der Waals surface area contributed by atoms with Gasteiger partial charge in [0.1, 0.15) is 12.6 Å². The van der Waals surface area contributed by atoms with Gasteiger partial charge in [0.2, 0.25) is 11.8 Å². The van der Waals surface area contributed by atoms with Gasteiger partial charge in [-0.2, -0.15) is 0 Å². The molecule has 7 nitrogen and oxygen atoms in total. The molecular weight excluding hydrogens is 593 g/mol. The fourth-order valence-corrected chi connectivity index (χ4v) is 7.42. The first-order valence-electron chi connectivity index (χ1n) is 14.4. The molecule has 224 valence electrons. The van der Waals surface area contributed by atoms with Crippen molar-refractivity contribution >= 4 is 50.7 Å². The molecule has 1 N–H and O–H groups in total. The van der Waals surface area contributed by atoms with E-state index < -0.39 is 28.5 Å². The van der Waals surface area contributed by atoms with Gasteiger partial charge < -0.3 is 10.2 Å². The third kappa shape index (κ3) is 7.28. The number of hydrogen-bond donors (Lipinski definition) is 1. The number of anilines is 1. The van der Waals surface area contributed by atoms with E-state index in [1.807, 2.05) is 26.0 Å². The molecule has 0 aromatic heterocycles. The summed E-state index contributed by atoms with van der Waals surface area (Å²) >= 11 is 13.0. The number of nitrogens with zero attached hydrogens (tertiary/aromatic N) is 2. The maximum Gasteiger partial charge on any atom is 0.264 e. The van der Waals surface area contributed by atoms with E-state index in [4.69, 9.17) is 23.2 Å². The van der Waals surface area contributed by atoms with Crippen LogP contribution in [0.3, 0.4) is 0 Å². The van der Waals surface area contributed by atoms with E-state index in [-0.39, 0.29) is 23.4 Å². The maximum atomic E-state index is 14.3. The van der Waals surface area contributed by atoms with Crippen molar-refractivity contribution in [2.45, 2.75) is 75.9 Å². The van der Waals surface area contributed by atoms with Crippen LogP contribution in [0, 0.1) is 0 Å². The minimum Gasteiger partial charge on any atom is -0.352 e. The largest absolute Gasteiger partial charge is 0.352 e. The van der Waals surface area contributed by atoms with E-state index >= 15 is 0 Å². The van der Waals surface area contributed by atoms with Gasteiger partial charge in [-0.25, -0.2) is 8.42 Å². The fraction of sp³-hybridized carbons (Fsp3) is 0.375. The van der Waals surface area contributed by atoms with Crippen LogP contribution in [0.25, 0.3) is 0 Å². The summed E-state index contributed by atoms with van der Waals surface area (Å²) < 4.78 is 29.3. The molecule has 1 aliphatic carbocycles. The van der Waals surface area contributed by atoms with Gasteiger partial charge in [0.05, 0.1) is 10.6 Å². The lowest BCUT2D eigenvalue weighted by Crippen LogP contribution is -2.53. The lowest BCUT2D eigenvalue weighted by Gasteiger charge is -2.34. The highest BCUT2D eigenvalue weighted by Gasteiger charge is 2.35. The predicted molar refractivity (Wildman–Crippen MR) is 168 cm³/mol. The van der Waals surface area contributed by atoms with Gasteiger partial charge in [-0.05, 0) is 61.6 Å². The second kappa shape index (κ2) is 14.4. The molecule has 3 aromatic carbocycles. The lowest BCUT2D eigenvalue weighted by molar-refractivity contribution is -0.140. The quantitative estimate of drug-likeness (QED) is 0.244. The zero-order valence-electron chi connectivity index (χ0n) is 23.9. The molecule has 10 heteroatoms. The van der Waals surface area contributed by atoms with Crippen molar-refractivity contribution in [3.05, 3.63) is 94.0 Å². The standard InChI is InChI=1S/C32H37Cl2N3O4S/c1-3-23-13-8-11-20-30(23)37(42(40,41)25-16-6-5-7-17-25)22-31(38)36(21-26-27(33)18-12-19-28(26)34)29(4-2)32(39)35-24-14-9-10-15-24/h5-8,11-13,16-20,24,29H,3-4,9-10,14-15,21-22H2,1-2H3,(H,35,39)/t29-/m1/s1. The number of aryl methyl sites for hydroxylation is 1. The molecule has 0 bridgehead atoms. The number of para-hydroxylation sites is 1. The molecule has 0 aliphatic heterocycles. The Morgan fingerprint density at radius 1 is 0.905 bits per heavy atom. The molecular formula is C32H37Cl2N3O4S. The van der Waals surface area contributed by atoms with Crippen LogP contribution >= 0.6 is 23.2 Å². The van der Waals surface area contributed by atoms with Crippen molar-refractivity contribution in [3.63, 3.8) is 0 Å². The molecule has 0 heterocycles. The van der Waals surface area contributed by atoms with E-state index in [0.717, 1.165) is 35.6 Å². The van der Waals surface area contributed by atoms with Crippen LogP contribution in [0.1, 0.15) is 57.1 Å². The summed E-state index contributed by atoms with van der Waals surface area (Å²) in [5.41, 5.74) is 1.68. The van der Waals surface area contributed by atoms with Crippen LogP contribution < -0.4 is 9.62 Å². The number of sulfonamides is 1. The smallest absolute Gasteiger partial charge is 0.264 e. The Hall–Kier alpha value is -3.07. The second-order valence-corrected chi connectivity index (χ2v) is 13.1. The van der Waals surface area contributed by atoms with Crippen molar-refractivity contribution in [3.8, 4) is 0 Å². The van der Waals surface area contributed by atoms with Gasteiger partial charge in [0.15, 0.2) is 0 Å². The average molecular weight is 631 g/mol. The fourth-order valence-electron chi connectivity index (χ4n) is 5.43. The number of nitrogens with one attached hydrogen (secondary N) is 1. The summed E-state index contributed by atoms with van der Waals surface area (Å²) in [6.45, 7) is 3.20. The Labute approximate surface area is 258 Å². The van der Waals surface area contributed by atoms with Crippen molar-refractivity contribution in [2.24, 2.45) is 0 Å². The van der Waals surface area contributed by atoms with Crippen molar-refractivity contribution in [2.75, 3.05) is 10.8 Å². The number of carbonyl (C=O) groups excluding carboxylic acids is 2. The number of benzene rings is 3. The minimum atomic E-state index is -4.14. The van der Waals surface area contributed by atoms with Crippen LogP contribution in [0.5, 0.6) is 0 Å². The average Bonchev–Trinajstić information content (AvgIpc) is 3.50. The zero-order valence-corrected chi connectivity index (χ0v) is 26.3. The lowest BCUT2D eigenvalue weighted by atomic mass is 10.1. The highest BCUT2D eigenvalue weighted by atomic mass is 35.5. The van der Waals surface area contributed by atoms with Gasteiger partial charge >= 0.3 is 0 Å². The van der Waals surface area contributed by atoms with E-state index in [0.29, 0.717) is 34.1 Å². The number of amides is 2. The minimum absolute atomic E-state index is 0.0530. The first kappa shape index (κ1) is 31.9. The highest BCUT2D eigenvalue weighted by molar-refractivity contribution is 7.92. The first-order chi connectivity index (χ1) is 20.2. The third-order valence-corrected chi connectivity index (χ3v) is 10.2. The van der Waals surface area contributed by atoms with E-state index in [1.54, 1.807) is 48.5 Å². The third-order valence-electron chi connectivity index (χ3n) is 7.73. The van der Waals surface area contributed by atoms with Gasteiger partial charge in [0.25, 0.3) is 10.0 Å². The van der Waals surface area contributed by atoms with Gasteiger partial charge in [0, 0.05) is 28.2 Å². The predicted octanol–water partition coefficient (Wildman–Crippen LogP) is 6.62. The van der Waals surface area contributed by atoms with Gasteiger partial charge in [-0.3, -0.25) is 13.9 Å². The Kier molecular flexibility index (Phi) is 10.9. The van der Waals surface area contributed by atoms with Crippen molar-refractivity contribution in [1.82, 2.24) is 10.2 Å². The molecule has 0 saturated heterocycles. The SMILES string of the molecule is CCc1ccccc1N(CC(=O)N(Cc1c(Cl)cccc1Cl)[C@H](CC)C(=O)NC1CCCC1)S(=O)(=O)c1ccccc1. The molecule has 1 aliphatic rings. The molecule has 42 heavy (non-hydrogen) atoms. The highest BCUT2D eigenvalue weighted by Crippen LogP contribution is 2.30. The molecule has 1 saturated carbocycles. The van der Waals surface area contributed by atoms with E-state index in [9.17, 15) is 18.0 Å².